The van der Waals surface area contributed by atoms with E-state index in [1.54, 1.807) is 0 Å². The van der Waals surface area contributed by atoms with Gasteiger partial charge in [-0.05, 0) is 42.3 Å². The summed E-state index contributed by atoms with van der Waals surface area (Å²) in [6.07, 6.45) is 0.304. The SMILES string of the molecule is Cc1cc(C)cc(-n2nnc(CCC(=O)O)n2)c1. The van der Waals surface area contributed by atoms with Crippen molar-refractivity contribution in [2.24, 2.45) is 0 Å². The number of nitrogens with zero attached hydrogens (tertiary/aromatic N) is 4. The van der Waals surface area contributed by atoms with Gasteiger partial charge in [-0.2, -0.15) is 0 Å². The Morgan fingerprint density at radius 3 is 2.56 bits per heavy atom. The van der Waals surface area contributed by atoms with Gasteiger partial charge in [-0.25, -0.2) is 0 Å². The van der Waals surface area contributed by atoms with Crippen molar-refractivity contribution in [1.29, 1.82) is 0 Å². The summed E-state index contributed by atoms with van der Waals surface area (Å²) in [5.74, 6) is -0.422. The molecule has 0 aliphatic heterocycles. The first-order valence-corrected chi connectivity index (χ1v) is 5.64. The summed E-state index contributed by atoms with van der Waals surface area (Å²) in [5.41, 5.74) is 3.07. The van der Waals surface area contributed by atoms with Crippen molar-refractivity contribution in [3.63, 3.8) is 0 Å². The topological polar surface area (TPSA) is 80.9 Å². The van der Waals surface area contributed by atoms with E-state index in [1.165, 1.54) is 4.80 Å². The number of benzene rings is 1. The fourth-order valence-corrected chi connectivity index (χ4v) is 1.74. The van der Waals surface area contributed by atoms with Crippen LogP contribution >= 0.6 is 0 Å². The van der Waals surface area contributed by atoms with Crippen LogP contribution in [0.4, 0.5) is 0 Å². The van der Waals surface area contributed by atoms with Crippen LogP contribution in [-0.2, 0) is 11.2 Å². The minimum atomic E-state index is -0.863. The smallest absolute Gasteiger partial charge is 0.303 e. The molecule has 2 rings (SSSR count). The quantitative estimate of drug-likeness (QED) is 0.879. The average Bonchev–Trinajstić information content (AvgIpc) is 2.73. The summed E-state index contributed by atoms with van der Waals surface area (Å²) >= 11 is 0. The highest BCUT2D eigenvalue weighted by Gasteiger charge is 2.07. The van der Waals surface area contributed by atoms with Crippen molar-refractivity contribution in [3.8, 4) is 5.69 Å². The summed E-state index contributed by atoms with van der Waals surface area (Å²) in [7, 11) is 0. The van der Waals surface area contributed by atoms with Crippen molar-refractivity contribution in [2.75, 3.05) is 0 Å². The van der Waals surface area contributed by atoms with Gasteiger partial charge in [0.1, 0.15) is 0 Å². The maximum Gasteiger partial charge on any atom is 0.303 e. The Bertz CT molecular complexity index is 557. The number of carbonyl (C=O) groups is 1. The molecule has 1 aromatic carbocycles. The zero-order chi connectivity index (χ0) is 13.1. The third kappa shape index (κ3) is 2.91. The molecule has 0 bridgehead atoms. The molecule has 0 atom stereocenters. The number of aliphatic carboxylic acids is 1. The number of rotatable bonds is 4. The second-order valence-electron chi connectivity index (χ2n) is 4.23. The lowest BCUT2D eigenvalue weighted by Crippen LogP contribution is -2.02. The van der Waals surface area contributed by atoms with E-state index in [0.717, 1.165) is 16.8 Å². The van der Waals surface area contributed by atoms with Crippen molar-refractivity contribution in [1.82, 2.24) is 20.2 Å². The van der Waals surface area contributed by atoms with E-state index in [2.05, 4.69) is 21.5 Å². The van der Waals surface area contributed by atoms with Crippen LogP contribution < -0.4 is 0 Å². The third-order valence-corrected chi connectivity index (χ3v) is 2.45. The van der Waals surface area contributed by atoms with Crippen LogP contribution in [0.2, 0.25) is 0 Å². The molecule has 6 nitrogen and oxygen atoms in total. The summed E-state index contributed by atoms with van der Waals surface area (Å²) in [4.78, 5) is 11.9. The fraction of sp³-hybridized carbons (Fsp3) is 0.333. The van der Waals surface area contributed by atoms with Gasteiger partial charge < -0.3 is 5.11 Å². The highest BCUT2D eigenvalue weighted by atomic mass is 16.4. The molecule has 6 heteroatoms. The number of carboxylic acid groups (broad SMARTS) is 1. The van der Waals surface area contributed by atoms with Gasteiger partial charge in [0.25, 0.3) is 0 Å². The molecule has 0 saturated heterocycles. The Morgan fingerprint density at radius 1 is 1.28 bits per heavy atom. The molecule has 18 heavy (non-hydrogen) atoms. The van der Waals surface area contributed by atoms with Gasteiger partial charge in [0.15, 0.2) is 5.82 Å². The second-order valence-corrected chi connectivity index (χ2v) is 4.23. The molecule has 0 radical (unpaired) electrons. The van der Waals surface area contributed by atoms with Gasteiger partial charge in [-0.3, -0.25) is 4.79 Å². The lowest BCUT2D eigenvalue weighted by Gasteiger charge is -2.02. The molecular weight excluding hydrogens is 232 g/mol. The fourth-order valence-electron chi connectivity index (χ4n) is 1.74. The van der Waals surface area contributed by atoms with Gasteiger partial charge in [0.05, 0.1) is 12.1 Å². The molecule has 0 aliphatic rings. The van der Waals surface area contributed by atoms with E-state index in [4.69, 9.17) is 5.11 Å². The largest absolute Gasteiger partial charge is 0.481 e. The first-order valence-electron chi connectivity index (χ1n) is 5.64. The Morgan fingerprint density at radius 2 is 1.94 bits per heavy atom. The molecule has 0 saturated carbocycles. The van der Waals surface area contributed by atoms with Crippen LogP contribution in [-0.4, -0.2) is 31.3 Å². The Hall–Kier alpha value is -2.24. The molecule has 1 heterocycles. The molecule has 0 fully saturated rings. The van der Waals surface area contributed by atoms with E-state index < -0.39 is 5.97 Å². The standard InChI is InChI=1S/C12H14N4O2/c1-8-5-9(2)7-10(6-8)16-14-11(13-15-16)3-4-12(17)18/h5-7H,3-4H2,1-2H3,(H,17,18). The van der Waals surface area contributed by atoms with Crippen LogP contribution in [0.25, 0.3) is 5.69 Å². The lowest BCUT2D eigenvalue weighted by molar-refractivity contribution is -0.137. The van der Waals surface area contributed by atoms with Crippen molar-refractivity contribution < 1.29 is 9.90 Å². The highest BCUT2D eigenvalue weighted by molar-refractivity contribution is 5.66. The van der Waals surface area contributed by atoms with E-state index in [-0.39, 0.29) is 6.42 Å². The van der Waals surface area contributed by atoms with Gasteiger partial charge >= 0.3 is 5.97 Å². The molecule has 0 unspecified atom stereocenters. The van der Waals surface area contributed by atoms with E-state index in [0.29, 0.717) is 12.2 Å². The number of hydrogen-bond acceptors (Lipinski definition) is 4. The van der Waals surface area contributed by atoms with Crippen molar-refractivity contribution in [2.45, 2.75) is 26.7 Å². The van der Waals surface area contributed by atoms with Crippen LogP contribution in [0.5, 0.6) is 0 Å². The lowest BCUT2D eigenvalue weighted by atomic mass is 10.1. The zero-order valence-electron chi connectivity index (χ0n) is 10.3. The predicted molar refractivity (Wildman–Crippen MR) is 64.6 cm³/mol. The van der Waals surface area contributed by atoms with Gasteiger partial charge in [0, 0.05) is 6.42 Å². The molecular formula is C12H14N4O2. The van der Waals surface area contributed by atoms with Crippen LogP contribution in [0, 0.1) is 13.8 Å². The summed E-state index contributed by atoms with van der Waals surface area (Å²) in [5, 5.41) is 20.5. The number of aryl methyl sites for hydroxylation is 3. The summed E-state index contributed by atoms with van der Waals surface area (Å²) < 4.78 is 0. The van der Waals surface area contributed by atoms with Gasteiger partial charge in [-0.1, -0.05) is 6.07 Å². The number of carboxylic acids is 1. The van der Waals surface area contributed by atoms with E-state index in [1.807, 2.05) is 26.0 Å². The van der Waals surface area contributed by atoms with Gasteiger partial charge in [-0.15, -0.1) is 15.0 Å². The maximum atomic E-state index is 10.5. The molecule has 1 N–H and O–H groups in total. The van der Waals surface area contributed by atoms with Crippen molar-refractivity contribution >= 4 is 5.97 Å². The number of hydrogen-bond donors (Lipinski definition) is 1. The molecule has 1 aromatic heterocycles. The second kappa shape index (κ2) is 4.95. The summed E-state index contributed by atoms with van der Waals surface area (Å²) in [6.45, 7) is 4.00. The van der Waals surface area contributed by atoms with E-state index >= 15 is 0 Å². The number of tetrazole rings is 1. The van der Waals surface area contributed by atoms with Crippen LogP contribution in [0.15, 0.2) is 18.2 Å². The Balaban J connectivity index is 2.21. The molecule has 2 aromatic rings. The van der Waals surface area contributed by atoms with Crippen molar-refractivity contribution in [3.05, 3.63) is 35.2 Å². The van der Waals surface area contributed by atoms with Crippen LogP contribution in [0.3, 0.4) is 0 Å². The van der Waals surface area contributed by atoms with Gasteiger partial charge in [0.2, 0.25) is 0 Å². The Labute approximate surface area is 104 Å². The average molecular weight is 246 g/mol. The third-order valence-electron chi connectivity index (χ3n) is 2.45. The molecule has 94 valence electrons. The van der Waals surface area contributed by atoms with Crippen LogP contribution in [0.1, 0.15) is 23.4 Å². The molecule has 0 amide bonds. The molecule has 0 spiro atoms. The Kier molecular flexibility index (Phi) is 3.36. The monoisotopic (exact) mass is 246 g/mol. The summed E-state index contributed by atoms with van der Waals surface area (Å²) in [6, 6.07) is 5.97. The minimum absolute atomic E-state index is 0.0124. The normalized spacial score (nSPS) is 10.6. The minimum Gasteiger partial charge on any atom is -0.481 e. The zero-order valence-corrected chi connectivity index (χ0v) is 10.3. The highest BCUT2D eigenvalue weighted by Crippen LogP contribution is 2.11. The predicted octanol–water partition coefficient (Wildman–Crippen LogP) is 1.30. The molecule has 0 aliphatic carbocycles. The van der Waals surface area contributed by atoms with E-state index in [9.17, 15) is 4.79 Å². The first-order chi connectivity index (χ1) is 8.54. The first kappa shape index (κ1) is 12.2. The number of aromatic nitrogens is 4. The maximum absolute atomic E-state index is 10.5.